The van der Waals surface area contributed by atoms with E-state index < -0.39 is 10.0 Å². The highest BCUT2D eigenvalue weighted by Crippen LogP contribution is 2.29. The number of rotatable bonds is 4. The number of sulfonamides is 1. The second kappa shape index (κ2) is 8.26. The molecule has 4 rings (SSSR count). The lowest BCUT2D eigenvalue weighted by Crippen LogP contribution is -2.39. The van der Waals surface area contributed by atoms with Crippen molar-refractivity contribution in [2.45, 2.75) is 44.5 Å². The molecule has 1 aromatic heterocycles. The van der Waals surface area contributed by atoms with Gasteiger partial charge in [-0.1, -0.05) is 24.3 Å². The average Bonchev–Trinajstić information content (AvgIpc) is 3.08. The molecule has 27 heavy (non-hydrogen) atoms. The van der Waals surface area contributed by atoms with E-state index in [1.807, 2.05) is 31.2 Å². The molecule has 0 bridgehead atoms. The van der Waals surface area contributed by atoms with Gasteiger partial charge in [0.15, 0.2) is 0 Å². The van der Waals surface area contributed by atoms with Gasteiger partial charge in [0.1, 0.15) is 11.6 Å². The van der Waals surface area contributed by atoms with Gasteiger partial charge in [-0.15, -0.1) is 22.6 Å². The molecule has 0 saturated carbocycles. The van der Waals surface area contributed by atoms with Crippen LogP contribution in [0.25, 0.3) is 0 Å². The quantitative estimate of drug-likeness (QED) is 0.830. The Morgan fingerprint density at radius 2 is 1.89 bits per heavy atom. The van der Waals surface area contributed by atoms with E-state index in [-0.39, 0.29) is 18.2 Å². The molecule has 0 atom stereocenters. The molecular formula is C18H26ClN5O2S. The summed E-state index contributed by atoms with van der Waals surface area (Å²) in [6.45, 7) is 5.65. The largest absolute Gasteiger partial charge is 0.312 e. The summed E-state index contributed by atoms with van der Waals surface area (Å²) in [4.78, 5) is 0. The maximum atomic E-state index is 12.8. The fraction of sp³-hybridized carbons (Fsp3) is 0.556. The Morgan fingerprint density at radius 3 is 2.63 bits per heavy atom. The fourth-order valence-electron chi connectivity index (χ4n) is 3.87. The summed E-state index contributed by atoms with van der Waals surface area (Å²) in [6, 6.07) is 7.69. The fourth-order valence-corrected chi connectivity index (χ4v) is 5.54. The Hall–Kier alpha value is -1.48. The van der Waals surface area contributed by atoms with Crippen molar-refractivity contribution in [2.75, 3.05) is 19.6 Å². The highest BCUT2D eigenvalue weighted by molar-refractivity contribution is 7.88. The summed E-state index contributed by atoms with van der Waals surface area (Å²) >= 11 is 0. The number of hydrogen-bond acceptors (Lipinski definition) is 5. The molecule has 1 N–H and O–H groups in total. The van der Waals surface area contributed by atoms with Crippen molar-refractivity contribution in [3.05, 3.63) is 47.0 Å². The van der Waals surface area contributed by atoms with E-state index in [1.54, 1.807) is 4.31 Å². The maximum Gasteiger partial charge on any atom is 0.218 e. The summed E-state index contributed by atoms with van der Waals surface area (Å²) in [6.07, 6.45) is 1.61. The van der Waals surface area contributed by atoms with Crippen LogP contribution in [-0.4, -0.2) is 47.1 Å². The number of aromatic nitrogens is 3. The van der Waals surface area contributed by atoms with E-state index in [2.05, 4.69) is 20.1 Å². The molecule has 9 heteroatoms. The summed E-state index contributed by atoms with van der Waals surface area (Å²) < 4.78 is 29.5. The van der Waals surface area contributed by atoms with Gasteiger partial charge in [-0.3, -0.25) is 0 Å². The summed E-state index contributed by atoms with van der Waals surface area (Å²) in [5.74, 6) is 2.38. The zero-order valence-corrected chi connectivity index (χ0v) is 17.1. The Bertz CT molecular complexity index is 891. The van der Waals surface area contributed by atoms with Crippen molar-refractivity contribution in [1.29, 1.82) is 0 Å². The molecule has 2 aromatic rings. The highest BCUT2D eigenvalue weighted by Gasteiger charge is 2.32. The minimum atomic E-state index is -3.29. The molecule has 0 spiro atoms. The van der Waals surface area contributed by atoms with Crippen LogP contribution in [0.1, 0.15) is 41.5 Å². The van der Waals surface area contributed by atoms with Crippen LogP contribution in [0.15, 0.2) is 24.3 Å². The van der Waals surface area contributed by atoms with E-state index in [4.69, 9.17) is 0 Å². The molecule has 0 aliphatic carbocycles. The van der Waals surface area contributed by atoms with Gasteiger partial charge < -0.3 is 9.88 Å². The number of aryl methyl sites for hydroxylation is 1. The third kappa shape index (κ3) is 4.18. The van der Waals surface area contributed by atoms with Crippen molar-refractivity contribution >= 4 is 22.4 Å². The van der Waals surface area contributed by atoms with Gasteiger partial charge in [0.05, 0.1) is 12.3 Å². The Labute approximate surface area is 166 Å². The number of piperidine rings is 1. The molecule has 2 aliphatic heterocycles. The molecule has 0 radical (unpaired) electrons. The van der Waals surface area contributed by atoms with Crippen LogP contribution in [0, 0.1) is 6.92 Å². The van der Waals surface area contributed by atoms with E-state index in [1.165, 1.54) is 0 Å². The smallest absolute Gasteiger partial charge is 0.218 e. The van der Waals surface area contributed by atoms with Gasteiger partial charge in [-0.2, -0.15) is 0 Å². The molecule has 3 heterocycles. The molecule has 0 unspecified atom stereocenters. The lowest BCUT2D eigenvalue weighted by Gasteiger charge is -2.31. The predicted octanol–water partition coefficient (Wildman–Crippen LogP) is 1.82. The van der Waals surface area contributed by atoms with Crippen LogP contribution < -0.4 is 5.32 Å². The van der Waals surface area contributed by atoms with Crippen molar-refractivity contribution < 1.29 is 8.42 Å². The third-order valence-corrected chi connectivity index (χ3v) is 7.29. The first-order chi connectivity index (χ1) is 12.5. The van der Waals surface area contributed by atoms with Crippen LogP contribution in [-0.2, 0) is 28.9 Å². The summed E-state index contributed by atoms with van der Waals surface area (Å²) in [7, 11) is -3.29. The number of hydrogen-bond donors (Lipinski definition) is 1. The molecule has 0 amide bonds. The minimum Gasteiger partial charge on any atom is -0.312 e. The standard InChI is InChI=1S/C18H25N5O2S.ClH/c1-14-4-2-3-5-16(14)13-26(24,25)22-9-6-15(7-10-22)18-21-20-17-12-19-8-11-23(17)18;/h2-5,15,19H,6-13H2,1H3;1H. The Balaban J connectivity index is 0.00000210. The van der Waals surface area contributed by atoms with Gasteiger partial charge in [0.25, 0.3) is 0 Å². The van der Waals surface area contributed by atoms with E-state index in [0.717, 1.165) is 55.3 Å². The van der Waals surface area contributed by atoms with Gasteiger partial charge >= 0.3 is 0 Å². The molecule has 148 valence electrons. The molecular weight excluding hydrogens is 386 g/mol. The zero-order valence-electron chi connectivity index (χ0n) is 15.5. The number of benzene rings is 1. The van der Waals surface area contributed by atoms with Crippen LogP contribution in [0.5, 0.6) is 0 Å². The number of halogens is 1. The SMILES string of the molecule is Cc1ccccc1CS(=O)(=O)N1CCC(c2nnc3n2CCNC3)CC1.Cl. The van der Waals surface area contributed by atoms with Gasteiger partial charge in [0.2, 0.25) is 10.0 Å². The number of nitrogens with zero attached hydrogens (tertiary/aromatic N) is 4. The zero-order chi connectivity index (χ0) is 18.1. The third-order valence-electron chi connectivity index (χ3n) is 5.46. The normalized spacial score (nSPS) is 18.7. The van der Waals surface area contributed by atoms with Crippen molar-refractivity contribution in [1.82, 2.24) is 24.4 Å². The molecule has 1 fully saturated rings. The predicted molar refractivity (Wildman–Crippen MR) is 106 cm³/mol. The van der Waals surface area contributed by atoms with Gasteiger partial charge in [0, 0.05) is 32.1 Å². The van der Waals surface area contributed by atoms with Crippen LogP contribution in [0.2, 0.25) is 0 Å². The number of nitrogens with one attached hydrogen (secondary N) is 1. The lowest BCUT2D eigenvalue weighted by atomic mass is 9.97. The second-order valence-corrected chi connectivity index (χ2v) is 9.13. The first-order valence-electron chi connectivity index (χ1n) is 9.19. The van der Waals surface area contributed by atoms with Crippen LogP contribution in [0.3, 0.4) is 0 Å². The lowest BCUT2D eigenvalue weighted by molar-refractivity contribution is 0.306. The Morgan fingerprint density at radius 1 is 1.15 bits per heavy atom. The van der Waals surface area contributed by atoms with Crippen LogP contribution in [0.4, 0.5) is 0 Å². The topological polar surface area (TPSA) is 80.1 Å². The van der Waals surface area contributed by atoms with E-state index in [9.17, 15) is 8.42 Å². The van der Waals surface area contributed by atoms with Crippen molar-refractivity contribution in [3.8, 4) is 0 Å². The Kier molecular flexibility index (Phi) is 6.20. The van der Waals surface area contributed by atoms with Gasteiger partial charge in [-0.05, 0) is 30.9 Å². The molecule has 7 nitrogen and oxygen atoms in total. The highest BCUT2D eigenvalue weighted by atomic mass is 35.5. The second-order valence-electron chi connectivity index (χ2n) is 7.16. The first kappa shape index (κ1) is 20.3. The van der Waals surface area contributed by atoms with Crippen molar-refractivity contribution in [3.63, 3.8) is 0 Å². The van der Waals surface area contributed by atoms with Crippen LogP contribution >= 0.6 is 12.4 Å². The van der Waals surface area contributed by atoms with Gasteiger partial charge in [-0.25, -0.2) is 12.7 Å². The first-order valence-corrected chi connectivity index (χ1v) is 10.8. The van der Waals surface area contributed by atoms with Crippen molar-refractivity contribution in [2.24, 2.45) is 0 Å². The molecule has 1 aromatic carbocycles. The maximum absolute atomic E-state index is 12.8. The molecule has 1 saturated heterocycles. The van der Waals surface area contributed by atoms with E-state index >= 15 is 0 Å². The number of fused-ring (bicyclic) bond motifs is 1. The monoisotopic (exact) mass is 411 g/mol. The average molecular weight is 412 g/mol. The summed E-state index contributed by atoms with van der Waals surface area (Å²) in [5, 5.41) is 12.0. The summed E-state index contributed by atoms with van der Waals surface area (Å²) in [5.41, 5.74) is 1.91. The minimum absolute atomic E-state index is 0. The van der Waals surface area contributed by atoms with E-state index in [0.29, 0.717) is 19.0 Å². The molecule has 2 aliphatic rings.